The van der Waals surface area contributed by atoms with E-state index in [1.165, 1.54) is 0 Å². The molecule has 0 bridgehead atoms. The highest BCUT2D eigenvalue weighted by atomic mass is 16.5. The van der Waals surface area contributed by atoms with E-state index in [4.69, 9.17) is 10.5 Å². The van der Waals surface area contributed by atoms with Gasteiger partial charge in [-0.15, -0.1) is 0 Å². The average molecular weight is 278 g/mol. The second kappa shape index (κ2) is 8.32. The van der Waals surface area contributed by atoms with Crippen molar-refractivity contribution in [1.82, 2.24) is 0 Å². The summed E-state index contributed by atoms with van der Waals surface area (Å²) in [6.07, 6.45) is 2.61. The molecule has 1 aromatic rings. The first-order valence-corrected chi connectivity index (χ1v) is 6.92. The monoisotopic (exact) mass is 278 g/mol. The standard InChI is InChI=1S/C15H22N2O3/c1-3-5-6-13(16)14(18)17-12-9-7-11(8-10-12)15(19)20-4-2/h7-10,13H,3-6,16H2,1-2H3,(H,17,18)/t13-/m0/s1. The number of carbonyl (C=O) groups is 2. The fraction of sp³-hybridized carbons (Fsp3) is 0.467. The zero-order valence-electron chi connectivity index (χ0n) is 12.0. The third-order valence-corrected chi connectivity index (χ3v) is 2.87. The number of carbonyl (C=O) groups excluding carboxylic acids is 2. The molecule has 0 radical (unpaired) electrons. The average Bonchev–Trinajstić information content (AvgIpc) is 2.45. The molecule has 0 aliphatic carbocycles. The van der Waals surface area contributed by atoms with Crippen molar-refractivity contribution in [3.05, 3.63) is 29.8 Å². The van der Waals surface area contributed by atoms with Gasteiger partial charge in [0.05, 0.1) is 18.2 Å². The number of anilines is 1. The minimum absolute atomic E-state index is 0.206. The van der Waals surface area contributed by atoms with E-state index >= 15 is 0 Å². The number of nitrogens with one attached hydrogen (secondary N) is 1. The SMILES string of the molecule is CCCC[C@H](N)C(=O)Nc1ccc(C(=O)OCC)cc1. The van der Waals surface area contributed by atoms with E-state index in [0.29, 0.717) is 24.3 Å². The van der Waals surface area contributed by atoms with Gasteiger partial charge in [-0.2, -0.15) is 0 Å². The molecule has 0 spiro atoms. The van der Waals surface area contributed by atoms with Crippen LogP contribution >= 0.6 is 0 Å². The van der Waals surface area contributed by atoms with E-state index in [1.807, 2.05) is 0 Å². The van der Waals surface area contributed by atoms with Crippen LogP contribution in [0.15, 0.2) is 24.3 Å². The molecule has 1 amide bonds. The first-order chi connectivity index (χ1) is 9.58. The number of hydrogen-bond acceptors (Lipinski definition) is 4. The number of nitrogens with two attached hydrogens (primary N) is 1. The molecule has 0 heterocycles. The van der Waals surface area contributed by atoms with Crippen LogP contribution in [0, 0.1) is 0 Å². The van der Waals surface area contributed by atoms with Crippen molar-refractivity contribution in [2.45, 2.75) is 39.2 Å². The van der Waals surface area contributed by atoms with Crippen LogP contribution in [0.2, 0.25) is 0 Å². The molecule has 1 atom stereocenters. The third kappa shape index (κ3) is 5.01. The lowest BCUT2D eigenvalue weighted by atomic mass is 10.1. The summed E-state index contributed by atoms with van der Waals surface area (Å²) < 4.78 is 4.89. The lowest BCUT2D eigenvalue weighted by Crippen LogP contribution is -2.35. The van der Waals surface area contributed by atoms with Gasteiger partial charge in [-0.1, -0.05) is 19.8 Å². The van der Waals surface area contributed by atoms with E-state index in [0.717, 1.165) is 12.8 Å². The lowest BCUT2D eigenvalue weighted by Gasteiger charge is -2.12. The van der Waals surface area contributed by atoms with Gasteiger partial charge in [0.1, 0.15) is 0 Å². The number of amides is 1. The highest BCUT2D eigenvalue weighted by Gasteiger charge is 2.13. The Labute approximate surface area is 119 Å². The molecule has 1 rings (SSSR count). The summed E-state index contributed by atoms with van der Waals surface area (Å²) in [6.45, 7) is 4.15. The number of esters is 1. The van der Waals surface area contributed by atoms with E-state index in [2.05, 4.69) is 12.2 Å². The molecule has 0 unspecified atom stereocenters. The van der Waals surface area contributed by atoms with Gasteiger partial charge in [0, 0.05) is 5.69 Å². The Morgan fingerprint density at radius 2 is 1.90 bits per heavy atom. The van der Waals surface area contributed by atoms with E-state index in [1.54, 1.807) is 31.2 Å². The van der Waals surface area contributed by atoms with Crippen LogP contribution < -0.4 is 11.1 Å². The summed E-state index contributed by atoms with van der Waals surface area (Å²) in [5, 5.41) is 2.73. The van der Waals surface area contributed by atoms with Crippen LogP contribution in [-0.2, 0) is 9.53 Å². The van der Waals surface area contributed by atoms with Gasteiger partial charge in [-0.25, -0.2) is 4.79 Å². The Bertz CT molecular complexity index is 443. The quantitative estimate of drug-likeness (QED) is 0.750. The van der Waals surface area contributed by atoms with Crippen molar-refractivity contribution < 1.29 is 14.3 Å². The van der Waals surface area contributed by atoms with Crippen LogP contribution in [-0.4, -0.2) is 24.5 Å². The van der Waals surface area contributed by atoms with Crippen molar-refractivity contribution in [2.75, 3.05) is 11.9 Å². The molecule has 20 heavy (non-hydrogen) atoms. The molecule has 0 fully saturated rings. The first kappa shape index (κ1) is 16.2. The van der Waals surface area contributed by atoms with Gasteiger partial charge in [-0.3, -0.25) is 4.79 Å². The molecule has 0 saturated carbocycles. The summed E-state index contributed by atoms with van der Waals surface area (Å²) in [5.74, 6) is -0.577. The number of rotatable bonds is 7. The lowest BCUT2D eigenvalue weighted by molar-refractivity contribution is -0.117. The van der Waals surface area contributed by atoms with Crippen molar-refractivity contribution in [3.8, 4) is 0 Å². The van der Waals surface area contributed by atoms with Crippen molar-refractivity contribution in [3.63, 3.8) is 0 Å². The summed E-state index contributed by atoms with van der Waals surface area (Å²) in [6, 6.07) is 6.06. The van der Waals surface area contributed by atoms with Gasteiger partial charge >= 0.3 is 5.97 Å². The molecule has 5 heteroatoms. The van der Waals surface area contributed by atoms with E-state index < -0.39 is 6.04 Å². The number of benzene rings is 1. The summed E-state index contributed by atoms with van der Waals surface area (Å²) in [5.41, 5.74) is 6.86. The maximum atomic E-state index is 11.8. The first-order valence-electron chi connectivity index (χ1n) is 6.92. The Morgan fingerprint density at radius 3 is 2.45 bits per heavy atom. The van der Waals surface area contributed by atoms with Crippen LogP contribution in [0.1, 0.15) is 43.5 Å². The fourth-order valence-corrected chi connectivity index (χ4v) is 1.69. The summed E-state index contributed by atoms with van der Waals surface area (Å²) >= 11 is 0. The number of ether oxygens (including phenoxy) is 1. The van der Waals surface area contributed by atoms with Crippen LogP contribution in [0.5, 0.6) is 0 Å². The topological polar surface area (TPSA) is 81.4 Å². The van der Waals surface area contributed by atoms with Gasteiger partial charge in [0.25, 0.3) is 0 Å². The Balaban J connectivity index is 2.56. The van der Waals surface area contributed by atoms with Crippen molar-refractivity contribution >= 4 is 17.6 Å². The van der Waals surface area contributed by atoms with Crippen LogP contribution in [0.25, 0.3) is 0 Å². The highest BCUT2D eigenvalue weighted by molar-refractivity contribution is 5.95. The number of hydrogen-bond donors (Lipinski definition) is 2. The second-order valence-corrected chi connectivity index (χ2v) is 4.54. The molecule has 0 aromatic heterocycles. The molecule has 110 valence electrons. The zero-order chi connectivity index (χ0) is 15.0. The molecule has 3 N–H and O–H groups in total. The Hall–Kier alpha value is -1.88. The minimum atomic E-state index is -0.500. The fourth-order valence-electron chi connectivity index (χ4n) is 1.69. The van der Waals surface area contributed by atoms with Gasteiger partial charge in [-0.05, 0) is 37.6 Å². The largest absolute Gasteiger partial charge is 0.462 e. The summed E-state index contributed by atoms with van der Waals surface area (Å²) in [4.78, 5) is 23.3. The molecule has 1 aromatic carbocycles. The molecule has 5 nitrogen and oxygen atoms in total. The van der Waals surface area contributed by atoms with E-state index in [9.17, 15) is 9.59 Å². The maximum Gasteiger partial charge on any atom is 0.338 e. The number of unbranched alkanes of at least 4 members (excludes halogenated alkanes) is 1. The van der Waals surface area contributed by atoms with Gasteiger partial charge in [0.2, 0.25) is 5.91 Å². The molecular weight excluding hydrogens is 256 g/mol. The van der Waals surface area contributed by atoms with Crippen molar-refractivity contribution in [1.29, 1.82) is 0 Å². The van der Waals surface area contributed by atoms with Crippen LogP contribution in [0.4, 0.5) is 5.69 Å². The molecule has 0 aliphatic heterocycles. The predicted molar refractivity (Wildman–Crippen MR) is 78.5 cm³/mol. The molecule has 0 saturated heterocycles. The normalized spacial score (nSPS) is 11.8. The molecule has 0 aliphatic rings. The Kier molecular flexibility index (Phi) is 6.73. The van der Waals surface area contributed by atoms with E-state index in [-0.39, 0.29) is 11.9 Å². The molecular formula is C15H22N2O3. The third-order valence-electron chi connectivity index (χ3n) is 2.87. The Morgan fingerprint density at radius 1 is 1.25 bits per heavy atom. The smallest absolute Gasteiger partial charge is 0.338 e. The van der Waals surface area contributed by atoms with Crippen molar-refractivity contribution in [2.24, 2.45) is 5.73 Å². The van der Waals surface area contributed by atoms with Crippen LogP contribution in [0.3, 0.4) is 0 Å². The highest BCUT2D eigenvalue weighted by Crippen LogP contribution is 2.11. The predicted octanol–water partition coefficient (Wildman–Crippen LogP) is 2.32. The maximum absolute atomic E-state index is 11.8. The second-order valence-electron chi connectivity index (χ2n) is 4.54. The van der Waals surface area contributed by atoms with Gasteiger partial charge < -0.3 is 15.8 Å². The minimum Gasteiger partial charge on any atom is -0.462 e. The zero-order valence-corrected chi connectivity index (χ0v) is 12.0. The van der Waals surface area contributed by atoms with Gasteiger partial charge in [0.15, 0.2) is 0 Å². The summed E-state index contributed by atoms with van der Waals surface area (Å²) in [7, 11) is 0.